The Kier molecular flexibility index (Phi) is 8.48. The molecule has 1 aliphatic heterocycles. The van der Waals surface area contributed by atoms with Crippen molar-refractivity contribution in [2.75, 3.05) is 5.32 Å². The van der Waals surface area contributed by atoms with Crippen LogP contribution < -0.4 is 5.32 Å². The largest absolute Gasteiger partial charge is 0.455 e. The monoisotopic (exact) mass is 818 g/mol. The molecule has 0 saturated carbocycles. The van der Waals surface area contributed by atoms with E-state index in [-0.39, 0.29) is 12.0 Å². The molecule has 3 nitrogen and oxygen atoms in total. The first kappa shape index (κ1) is 36.6. The number of anilines is 1. The van der Waals surface area contributed by atoms with Gasteiger partial charge in [0.2, 0.25) is 0 Å². The average molecular weight is 819 g/mol. The summed E-state index contributed by atoms with van der Waals surface area (Å²) in [5.41, 5.74) is 15.4. The summed E-state index contributed by atoms with van der Waals surface area (Å²) >= 11 is 0. The number of furan rings is 1. The highest BCUT2D eigenvalue weighted by molar-refractivity contribution is 6.26. The summed E-state index contributed by atoms with van der Waals surface area (Å²) in [6.07, 6.45) is 1.93. The van der Waals surface area contributed by atoms with Crippen molar-refractivity contribution in [2.24, 2.45) is 4.99 Å². The van der Waals surface area contributed by atoms with Crippen LogP contribution in [0.25, 0.3) is 76.7 Å². The van der Waals surface area contributed by atoms with Gasteiger partial charge in [-0.15, -0.1) is 0 Å². The van der Waals surface area contributed by atoms with Crippen LogP contribution in [0.2, 0.25) is 0 Å². The molecular weight excluding hydrogens is 777 g/mol. The maximum atomic E-state index is 7.28. The fraction of sp³-hybridized carbons (Fsp3) is 0.0656. The number of nitrogens with zero attached hydrogens (tertiary/aromatic N) is 1. The molecule has 13 rings (SSSR count). The highest BCUT2D eigenvalue weighted by Gasteiger charge is 2.33. The lowest BCUT2D eigenvalue weighted by Gasteiger charge is -2.24. The zero-order valence-electron chi connectivity index (χ0n) is 35.1. The van der Waals surface area contributed by atoms with E-state index < -0.39 is 0 Å². The minimum atomic E-state index is -0.315. The first-order valence-corrected chi connectivity index (χ1v) is 22.4. The standard InChI is InChI=1S/C61H42N2O/c1-4-17-38(18-5-1)42-32-34-48-49(33-31-39-19-10-11-24-43(39)52(48)35-42)55-36-53-46-27-14-12-25-44(46)45-26-13-15-28-47(45)54(53)37-56(55)50-29-16-30-51-58-60(64-59(50)51)57(40-20-6-2-7-21-40)62-61(63-58)41-22-8-3-9-23-41/h1-30,32,34-37,49,57H,31,33H2,(H,62,63). The number of amidine groups is 1. The van der Waals surface area contributed by atoms with Gasteiger partial charge in [-0.1, -0.05) is 188 Å². The minimum absolute atomic E-state index is 0.0971. The second kappa shape index (κ2) is 14.8. The number of aliphatic imine (C=N–C) groups is 1. The van der Waals surface area contributed by atoms with E-state index >= 15 is 0 Å². The fourth-order valence-electron chi connectivity index (χ4n) is 10.8. The molecule has 11 aromatic rings. The number of rotatable bonds is 5. The number of hydrogen-bond acceptors (Lipinski definition) is 3. The van der Waals surface area contributed by atoms with Crippen LogP contribution in [0.5, 0.6) is 0 Å². The zero-order valence-corrected chi connectivity index (χ0v) is 35.1. The maximum absolute atomic E-state index is 7.28. The summed E-state index contributed by atoms with van der Waals surface area (Å²) in [4.78, 5) is 5.35. The number of aryl methyl sites for hydroxylation is 1. The number of hydrogen-bond donors (Lipinski definition) is 1. The lowest BCUT2D eigenvalue weighted by Crippen LogP contribution is -2.21. The molecule has 0 bridgehead atoms. The molecule has 10 aromatic carbocycles. The van der Waals surface area contributed by atoms with Gasteiger partial charge in [-0.2, -0.15) is 0 Å². The number of fused-ring (bicyclic) bond motifs is 12. The quantitative estimate of drug-likeness (QED) is 0.176. The molecule has 302 valence electrons. The van der Waals surface area contributed by atoms with E-state index in [0.717, 1.165) is 57.8 Å². The van der Waals surface area contributed by atoms with Crippen LogP contribution in [-0.4, -0.2) is 5.84 Å². The smallest absolute Gasteiger partial charge is 0.157 e. The van der Waals surface area contributed by atoms with Crippen LogP contribution in [0.15, 0.2) is 222 Å². The van der Waals surface area contributed by atoms with Crippen molar-refractivity contribution < 1.29 is 4.42 Å². The third-order valence-electron chi connectivity index (χ3n) is 13.8. The normalized spacial score (nSPS) is 15.6. The molecule has 1 aliphatic carbocycles. The van der Waals surface area contributed by atoms with Crippen molar-refractivity contribution in [2.45, 2.75) is 24.8 Å². The third kappa shape index (κ3) is 5.85. The Morgan fingerprint density at radius 2 is 1.00 bits per heavy atom. The van der Waals surface area contributed by atoms with Crippen molar-refractivity contribution in [3.63, 3.8) is 0 Å². The predicted octanol–water partition coefficient (Wildman–Crippen LogP) is 15.9. The van der Waals surface area contributed by atoms with Gasteiger partial charge < -0.3 is 9.73 Å². The van der Waals surface area contributed by atoms with Crippen molar-refractivity contribution in [3.8, 4) is 33.4 Å². The number of nitrogens with one attached hydrogen (secondary N) is 1. The third-order valence-corrected chi connectivity index (χ3v) is 13.8. The number of para-hydroxylation sites is 1. The molecule has 0 fully saturated rings. The van der Waals surface area contributed by atoms with E-state index in [1.807, 2.05) is 6.07 Å². The molecule has 0 saturated heterocycles. The van der Waals surface area contributed by atoms with Crippen LogP contribution in [0.4, 0.5) is 5.69 Å². The summed E-state index contributed by atoms with van der Waals surface area (Å²) in [6.45, 7) is 0. The molecule has 0 amide bonds. The van der Waals surface area contributed by atoms with Crippen molar-refractivity contribution in [1.82, 2.24) is 0 Å². The fourth-order valence-corrected chi connectivity index (χ4v) is 10.8. The summed E-state index contributed by atoms with van der Waals surface area (Å²) in [5, 5.41) is 12.4. The van der Waals surface area contributed by atoms with E-state index in [2.05, 4.69) is 212 Å². The van der Waals surface area contributed by atoms with Crippen LogP contribution in [0.3, 0.4) is 0 Å². The van der Waals surface area contributed by atoms with Crippen molar-refractivity contribution in [1.29, 1.82) is 0 Å². The second-order valence-corrected chi connectivity index (χ2v) is 17.3. The second-order valence-electron chi connectivity index (χ2n) is 17.3. The van der Waals surface area contributed by atoms with E-state index in [1.165, 1.54) is 76.8 Å². The molecule has 2 unspecified atom stereocenters. The molecule has 1 N–H and O–H groups in total. The Labute approximate surface area is 372 Å². The van der Waals surface area contributed by atoms with E-state index in [4.69, 9.17) is 9.41 Å². The molecule has 1 aromatic heterocycles. The van der Waals surface area contributed by atoms with Crippen LogP contribution in [-0.2, 0) is 6.42 Å². The Hall–Kier alpha value is -8.01. The van der Waals surface area contributed by atoms with Crippen LogP contribution >= 0.6 is 0 Å². The SMILES string of the molecule is c1ccc(C2=NC(c3ccccc3)c3oc4c(-c5cc6c7ccccc7c7ccccc7c6cc5C5CCc6ccccc6-c6cc(-c7ccccc7)ccc65)cccc4c3N2)cc1. The molecule has 0 radical (unpaired) electrons. The summed E-state index contributed by atoms with van der Waals surface area (Å²) < 4.78 is 7.28. The minimum Gasteiger partial charge on any atom is -0.455 e. The first-order valence-electron chi connectivity index (χ1n) is 22.4. The van der Waals surface area contributed by atoms with Gasteiger partial charge in [0, 0.05) is 22.4 Å². The summed E-state index contributed by atoms with van der Waals surface area (Å²) in [6, 6.07) is 77.2. The lowest BCUT2D eigenvalue weighted by molar-refractivity contribution is 0.526. The highest BCUT2D eigenvalue weighted by Crippen LogP contribution is 2.51. The molecule has 2 atom stereocenters. The maximum Gasteiger partial charge on any atom is 0.157 e. The Morgan fingerprint density at radius 1 is 0.422 bits per heavy atom. The van der Waals surface area contributed by atoms with Gasteiger partial charge in [-0.3, -0.25) is 4.99 Å². The molecule has 64 heavy (non-hydrogen) atoms. The average Bonchev–Trinajstić information content (AvgIpc) is 3.67. The van der Waals surface area contributed by atoms with Crippen molar-refractivity contribution in [3.05, 3.63) is 246 Å². The van der Waals surface area contributed by atoms with Crippen LogP contribution in [0, 0.1) is 0 Å². The zero-order chi connectivity index (χ0) is 42.1. The molecule has 2 aliphatic rings. The van der Waals surface area contributed by atoms with Gasteiger partial charge in [0.15, 0.2) is 5.76 Å². The summed E-state index contributed by atoms with van der Waals surface area (Å²) in [7, 11) is 0. The number of benzene rings is 10. The topological polar surface area (TPSA) is 37.5 Å². The van der Waals surface area contributed by atoms with Crippen LogP contribution in [0.1, 0.15) is 52.0 Å². The Morgan fingerprint density at radius 3 is 1.73 bits per heavy atom. The summed E-state index contributed by atoms with van der Waals surface area (Å²) in [5.74, 6) is 1.76. The van der Waals surface area contributed by atoms with Gasteiger partial charge in [-0.05, 0) is 119 Å². The van der Waals surface area contributed by atoms with Gasteiger partial charge >= 0.3 is 0 Å². The molecule has 3 heteroatoms. The Balaban J connectivity index is 1.09. The van der Waals surface area contributed by atoms with E-state index in [1.54, 1.807) is 0 Å². The molecule has 2 heterocycles. The van der Waals surface area contributed by atoms with Gasteiger partial charge in [0.25, 0.3) is 0 Å². The molecular formula is C61H42N2O. The Bertz CT molecular complexity index is 3640. The van der Waals surface area contributed by atoms with E-state index in [0.29, 0.717) is 0 Å². The lowest BCUT2D eigenvalue weighted by atomic mass is 9.79. The van der Waals surface area contributed by atoms with Crippen molar-refractivity contribution >= 4 is 54.8 Å². The van der Waals surface area contributed by atoms with Gasteiger partial charge in [-0.25, -0.2) is 0 Å². The van der Waals surface area contributed by atoms with Gasteiger partial charge in [0.1, 0.15) is 17.5 Å². The molecule has 0 spiro atoms. The van der Waals surface area contributed by atoms with E-state index in [9.17, 15) is 0 Å². The predicted molar refractivity (Wildman–Crippen MR) is 267 cm³/mol. The van der Waals surface area contributed by atoms with Gasteiger partial charge in [0.05, 0.1) is 5.69 Å². The first-order chi connectivity index (χ1) is 31.7. The highest BCUT2D eigenvalue weighted by atomic mass is 16.3.